The zero-order valence-electron chi connectivity index (χ0n) is 8.96. The van der Waals surface area contributed by atoms with Gasteiger partial charge in [-0.1, -0.05) is 13.8 Å². The van der Waals surface area contributed by atoms with Crippen LogP contribution in [-0.4, -0.2) is 15.5 Å². The Hall–Kier alpha value is -0.860. The highest BCUT2D eigenvalue weighted by Crippen LogP contribution is 2.50. The monoisotopic (exact) mass is 229 g/mol. The third-order valence-corrected chi connectivity index (χ3v) is 4.42. The van der Waals surface area contributed by atoms with Crippen molar-refractivity contribution in [1.29, 1.82) is 0 Å². The van der Waals surface area contributed by atoms with Gasteiger partial charge in [0.2, 0.25) is 0 Å². The van der Waals surface area contributed by atoms with Gasteiger partial charge in [0.25, 0.3) is 0 Å². The molecule has 0 aliphatic heterocycles. The van der Waals surface area contributed by atoms with Crippen molar-refractivity contribution in [2.24, 2.45) is 0 Å². The Morgan fingerprint density at radius 1 is 1.40 bits per heavy atom. The predicted molar refractivity (Wildman–Crippen MR) is 59.1 cm³/mol. The third-order valence-electron chi connectivity index (χ3n) is 2.29. The normalized spacial score (nSPS) is 14.9. The van der Waals surface area contributed by atoms with Gasteiger partial charge in [-0.3, -0.25) is 4.98 Å². The van der Waals surface area contributed by atoms with Gasteiger partial charge < -0.3 is 9.42 Å². The van der Waals surface area contributed by atoms with Crippen LogP contribution in [0.5, 0.6) is 5.75 Å². The first-order chi connectivity index (χ1) is 7.10. The van der Waals surface area contributed by atoms with E-state index in [4.69, 9.17) is 4.52 Å². The minimum Gasteiger partial charge on any atom is -0.424 e. The van der Waals surface area contributed by atoms with Crippen molar-refractivity contribution >= 4 is 7.60 Å². The number of hydrogen-bond acceptors (Lipinski definition) is 3. The SMILES string of the molecule is CCC(CC)P(=O)(O)Oc1ccncc1. The van der Waals surface area contributed by atoms with Crippen molar-refractivity contribution < 1.29 is 14.0 Å². The van der Waals surface area contributed by atoms with Crippen LogP contribution in [0.1, 0.15) is 26.7 Å². The minimum atomic E-state index is -3.55. The summed E-state index contributed by atoms with van der Waals surface area (Å²) in [5.41, 5.74) is -0.300. The highest BCUT2D eigenvalue weighted by atomic mass is 31.2. The van der Waals surface area contributed by atoms with Gasteiger partial charge in [0.15, 0.2) is 0 Å². The van der Waals surface area contributed by atoms with Gasteiger partial charge in [0.05, 0.1) is 5.66 Å². The van der Waals surface area contributed by atoms with Crippen molar-refractivity contribution in [2.75, 3.05) is 0 Å². The molecule has 1 atom stereocenters. The summed E-state index contributed by atoms with van der Waals surface area (Å²) in [7, 11) is -3.55. The lowest BCUT2D eigenvalue weighted by Crippen LogP contribution is -2.10. The Balaban J connectivity index is 2.76. The van der Waals surface area contributed by atoms with E-state index in [-0.39, 0.29) is 5.66 Å². The summed E-state index contributed by atoms with van der Waals surface area (Å²) < 4.78 is 17.0. The highest BCUT2D eigenvalue weighted by molar-refractivity contribution is 7.54. The molecule has 0 amide bonds. The van der Waals surface area contributed by atoms with E-state index < -0.39 is 7.60 Å². The lowest BCUT2D eigenvalue weighted by molar-refractivity contribution is 0.361. The van der Waals surface area contributed by atoms with Crippen LogP contribution in [0.25, 0.3) is 0 Å². The lowest BCUT2D eigenvalue weighted by atomic mass is 10.3. The molecule has 15 heavy (non-hydrogen) atoms. The van der Waals surface area contributed by atoms with Crippen LogP contribution in [-0.2, 0) is 4.57 Å². The largest absolute Gasteiger partial charge is 0.424 e. The van der Waals surface area contributed by atoms with Crippen molar-refractivity contribution in [3.63, 3.8) is 0 Å². The van der Waals surface area contributed by atoms with E-state index in [1.165, 1.54) is 12.4 Å². The van der Waals surface area contributed by atoms with E-state index >= 15 is 0 Å². The van der Waals surface area contributed by atoms with Crippen LogP contribution >= 0.6 is 7.60 Å². The molecule has 0 radical (unpaired) electrons. The van der Waals surface area contributed by atoms with E-state index in [0.29, 0.717) is 18.6 Å². The second-order valence-corrected chi connectivity index (χ2v) is 5.35. The molecule has 0 bridgehead atoms. The highest BCUT2D eigenvalue weighted by Gasteiger charge is 2.30. The van der Waals surface area contributed by atoms with Crippen LogP contribution in [0, 0.1) is 0 Å². The van der Waals surface area contributed by atoms with Crippen LogP contribution in [0.2, 0.25) is 0 Å². The Kier molecular flexibility index (Phi) is 4.30. The topological polar surface area (TPSA) is 59.4 Å². The maximum absolute atomic E-state index is 11.9. The van der Waals surface area contributed by atoms with Crippen LogP contribution in [0.15, 0.2) is 24.5 Å². The molecule has 1 rings (SSSR count). The molecule has 1 aromatic heterocycles. The second-order valence-electron chi connectivity index (χ2n) is 3.31. The molecule has 5 heteroatoms. The molecule has 1 aromatic rings. The smallest absolute Gasteiger partial charge is 0.379 e. The van der Waals surface area contributed by atoms with Gasteiger partial charge in [0.1, 0.15) is 5.75 Å². The quantitative estimate of drug-likeness (QED) is 0.788. The summed E-state index contributed by atoms with van der Waals surface area (Å²) in [4.78, 5) is 13.5. The molecule has 4 nitrogen and oxygen atoms in total. The minimum absolute atomic E-state index is 0.300. The molecule has 0 aliphatic rings. The number of hydrogen-bond donors (Lipinski definition) is 1. The van der Waals surface area contributed by atoms with Crippen LogP contribution in [0.4, 0.5) is 0 Å². The summed E-state index contributed by atoms with van der Waals surface area (Å²) in [6.07, 6.45) is 4.33. The lowest BCUT2D eigenvalue weighted by Gasteiger charge is -2.20. The second kappa shape index (κ2) is 5.29. The molecule has 84 valence electrons. The average molecular weight is 229 g/mol. The number of nitrogens with zero attached hydrogens (tertiary/aromatic N) is 1. The maximum atomic E-state index is 11.9. The molecule has 0 saturated heterocycles. The fraction of sp³-hybridized carbons (Fsp3) is 0.500. The molecule has 1 heterocycles. The zero-order chi connectivity index (χ0) is 11.3. The van der Waals surface area contributed by atoms with Gasteiger partial charge in [-0.25, -0.2) is 4.57 Å². The first-order valence-electron chi connectivity index (χ1n) is 5.02. The summed E-state index contributed by atoms with van der Waals surface area (Å²) in [6, 6.07) is 3.15. The van der Waals surface area contributed by atoms with E-state index in [1.54, 1.807) is 12.1 Å². The standard InChI is InChI=1S/C10H16NO3P/c1-3-10(4-2)15(12,13)14-9-5-7-11-8-6-9/h5-8,10H,3-4H2,1-2H3,(H,12,13). The fourth-order valence-corrected chi connectivity index (χ4v) is 2.87. The molecular formula is C10H16NO3P. The summed E-state index contributed by atoms with van der Waals surface area (Å²) in [5.74, 6) is 0.391. The molecule has 0 aliphatic carbocycles. The van der Waals surface area contributed by atoms with Crippen LogP contribution in [0.3, 0.4) is 0 Å². The van der Waals surface area contributed by atoms with Gasteiger partial charge in [-0.05, 0) is 25.0 Å². The Bertz CT molecular complexity index is 338. The Morgan fingerprint density at radius 2 is 1.93 bits per heavy atom. The maximum Gasteiger partial charge on any atom is 0.379 e. The fourth-order valence-electron chi connectivity index (χ4n) is 1.37. The molecule has 1 N–H and O–H groups in total. The summed E-state index contributed by atoms with van der Waals surface area (Å²) in [5, 5.41) is 0. The van der Waals surface area contributed by atoms with Gasteiger partial charge in [-0.2, -0.15) is 0 Å². The first kappa shape index (κ1) is 12.2. The number of aromatic nitrogens is 1. The predicted octanol–water partition coefficient (Wildman–Crippen LogP) is 2.83. The molecule has 0 aromatic carbocycles. The zero-order valence-corrected chi connectivity index (χ0v) is 9.85. The third kappa shape index (κ3) is 3.33. The van der Waals surface area contributed by atoms with Gasteiger partial charge in [0, 0.05) is 12.4 Å². The summed E-state index contributed by atoms with van der Waals surface area (Å²) in [6.45, 7) is 3.76. The molecule has 0 spiro atoms. The van der Waals surface area contributed by atoms with E-state index in [1.807, 2.05) is 13.8 Å². The van der Waals surface area contributed by atoms with E-state index in [9.17, 15) is 9.46 Å². The molecule has 0 fully saturated rings. The van der Waals surface area contributed by atoms with E-state index in [2.05, 4.69) is 4.98 Å². The van der Waals surface area contributed by atoms with Gasteiger partial charge >= 0.3 is 7.60 Å². The van der Waals surface area contributed by atoms with Crippen molar-refractivity contribution in [1.82, 2.24) is 4.98 Å². The molecular weight excluding hydrogens is 213 g/mol. The van der Waals surface area contributed by atoms with Gasteiger partial charge in [-0.15, -0.1) is 0 Å². The summed E-state index contributed by atoms with van der Waals surface area (Å²) >= 11 is 0. The average Bonchev–Trinajstić information content (AvgIpc) is 2.19. The Labute approximate surface area is 89.8 Å². The number of pyridine rings is 1. The molecule has 1 unspecified atom stereocenters. The van der Waals surface area contributed by atoms with Crippen molar-refractivity contribution in [3.8, 4) is 5.75 Å². The van der Waals surface area contributed by atoms with E-state index in [0.717, 1.165) is 0 Å². The molecule has 0 saturated carbocycles. The van der Waals surface area contributed by atoms with Crippen molar-refractivity contribution in [3.05, 3.63) is 24.5 Å². The number of rotatable bonds is 5. The first-order valence-corrected chi connectivity index (χ1v) is 6.67. The Morgan fingerprint density at radius 3 is 2.40 bits per heavy atom. The van der Waals surface area contributed by atoms with Crippen LogP contribution < -0.4 is 4.52 Å². The van der Waals surface area contributed by atoms with Crippen molar-refractivity contribution in [2.45, 2.75) is 32.3 Å².